The van der Waals surface area contributed by atoms with E-state index in [1.54, 1.807) is 4.90 Å². The molecule has 0 spiro atoms. The first-order chi connectivity index (χ1) is 9.43. The molecule has 0 radical (unpaired) electrons. The fourth-order valence-corrected chi connectivity index (χ4v) is 4.03. The van der Waals surface area contributed by atoms with Gasteiger partial charge in [0.25, 0.3) is 5.91 Å². The van der Waals surface area contributed by atoms with Gasteiger partial charge in [-0.05, 0) is 46.6 Å². The number of anilines is 1. The minimum Gasteiger partial charge on any atom is -0.377 e. The minimum atomic E-state index is -0.00434. The second-order valence-electron chi connectivity index (χ2n) is 4.53. The molecule has 0 atom stereocenters. The standard InChI is InChI=1S/C14H15BrN2OS2/c1-4-17-13(18)12(20-14(17)19)8-9-5-6-11(16(2)3)10(15)7-9/h5-8H,4H2,1-3H3/b12-8+. The van der Waals surface area contributed by atoms with Crippen LogP contribution in [0.1, 0.15) is 12.5 Å². The molecular weight excluding hydrogens is 356 g/mol. The van der Waals surface area contributed by atoms with Crippen molar-refractivity contribution in [3.63, 3.8) is 0 Å². The summed E-state index contributed by atoms with van der Waals surface area (Å²) in [7, 11) is 3.98. The van der Waals surface area contributed by atoms with Crippen molar-refractivity contribution in [3.05, 3.63) is 33.1 Å². The molecule has 1 heterocycles. The van der Waals surface area contributed by atoms with Gasteiger partial charge in [-0.15, -0.1) is 0 Å². The molecule has 1 aliphatic heterocycles. The Hall–Kier alpha value is -0.850. The van der Waals surface area contributed by atoms with Crippen molar-refractivity contribution in [2.45, 2.75) is 6.92 Å². The van der Waals surface area contributed by atoms with Crippen LogP contribution in [0.5, 0.6) is 0 Å². The first-order valence-corrected chi connectivity index (χ1v) is 8.18. The van der Waals surface area contributed by atoms with E-state index < -0.39 is 0 Å². The van der Waals surface area contributed by atoms with Gasteiger partial charge in [0.05, 0.1) is 10.6 Å². The summed E-state index contributed by atoms with van der Waals surface area (Å²) in [6.45, 7) is 2.54. The van der Waals surface area contributed by atoms with Crippen molar-refractivity contribution in [2.24, 2.45) is 0 Å². The van der Waals surface area contributed by atoms with Crippen LogP contribution in [0.3, 0.4) is 0 Å². The molecule has 1 amide bonds. The quantitative estimate of drug-likeness (QED) is 0.597. The summed E-state index contributed by atoms with van der Waals surface area (Å²) in [5, 5.41) is 0. The molecule has 1 aliphatic rings. The average Bonchev–Trinajstić information content (AvgIpc) is 2.63. The van der Waals surface area contributed by atoms with Crippen LogP contribution in [-0.4, -0.2) is 35.8 Å². The van der Waals surface area contributed by atoms with E-state index in [1.165, 1.54) is 11.8 Å². The number of thioether (sulfide) groups is 1. The Morgan fingerprint density at radius 2 is 2.15 bits per heavy atom. The molecule has 106 valence electrons. The molecule has 2 rings (SSSR count). The third-order valence-corrected chi connectivity index (χ3v) is 4.95. The highest BCUT2D eigenvalue weighted by Gasteiger charge is 2.30. The fraction of sp³-hybridized carbons (Fsp3) is 0.286. The molecule has 0 aliphatic carbocycles. The highest BCUT2D eigenvalue weighted by molar-refractivity contribution is 9.10. The molecule has 0 saturated carbocycles. The van der Waals surface area contributed by atoms with Crippen LogP contribution >= 0.6 is 39.9 Å². The van der Waals surface area contributed by atoms with Crippen LogP contribution in [0, 0.1) is 0 Å². The van der Waals surface area contributed by atoms with Crippen molar-refractivity contribution >= 4 is 61.9 Å². The number of hydrogen-bond acceptors (Lipinski definition) is 4. The van der Waals surface area contributed by atoms with Crippen molar-refractivity contribution in [2.75, 3.05) is 25.5 Å². The second kappa shape index (κ2) is 6.28. The number of benzene rings is 1. The zero-order chi connectivity index (χ0) is 14.9. The number of amides is 1. The number of nitrogens with zero attached hydrogens (tertiary/aromatic N) is 2. The lowest BCUT2D eigenvalue weighted by Crippen LogP contribution is -2.27. The molecule has 0 bridgehead atoms. The van der Waals surface area contributed by atoms with Crippen LogP contribution in [0.4, 0.5) is 5.69 Å². The van der Waals surface area contributed by atoms with Gasteiger partial charge in [0.1, 0.15) is 4.32 Å². The third-order valence-electron chi connectivity index (χ3n) is 2.94. The van der Waals surface area contributed by atoms with Gasteiger partial charge in [0.15, 0.2) is 0 Å². The molecule has 6 heteroatoms. The summed E-state index contributed by atoms with van der Waals surface area (Å²) in [6, 6.07) is 6.03. The Balaban J connectivity index is 2.30. The molecule has 3 nitrogen and oxygen atoms in total. The normalized spacial score (nSPS) is 17.2. The predicted octanol–water partition coefficient (Wildman–Crippen LogP) is 3.74. The second-order valence-corrected chi connectivity index (χ2v) is 7.06. The minimum absolute atomic E-state index is 0.00434. The molecule has 0 unspecified atom stereocenters. The Bertz CT molecular complexity index is 599. The lowest BCUT2D eigenvalue weighted by Gasteiger charge is -2.14. The lowest BCUT2D eigenvalue weighted by atomic mass is 10.2. The monoisotopic (exact) mass is 370 g/mol. The summed E-state index contributed by atoms with van der Waals surface area (Å²) in [6.07, 6.45) is 1.89. The Labute approximate surface area is 137 Å². The van der Waals surface area contributed by atoms with E-state index in [0.717, 1.165) is 15.7 Å². The van der Waals surface area contributed by atoms with Gasteiger partial charge in [-0.25, -0.2) is 0 Å². The van der Waals surface area contributed by atoms with E-state index >= 15 is 0 Å². The van der Waals surface area contributed by atoms with Gasteiger partial charge < -0.3 is 4.90 Å². The predicted molar refractivity (Wildman–Crippen MR) is 94.0 cm³/mol. The maximum atomic E-state index is 12.1. The van der Waals surface area contributed by atoms with Crippen molar-refractivity contribution in [1.82, 2.24) is 4.90 Å². The zero-order valence-corrected chi connectivity index (χ0v) is 14.7. The van der Waals surface area contributed by atoms with Crippen LogP contribution in [-0.2, 0) is 4.79 Å². The zero-order valence-electron chi connectivity index (χ0n) is 11.5. The molecule has 1 saturated heterocycles. The largest absolute Gasteiger partial charge is 0.377 e. The van der Waals surface area contributed by atoms with Crippen LogP contribution in [0.15, 0.2) is 27.6 Å². The number of halogens is 1. The van der Waals surface area contributed by atoms with E-state index in [2.05, 4.69) is 15.9 Å². The molecule has 20 heavy (non-hydrogen) atoms. The number of likely N-dealkylation sites (N-methyl/N-ethyl adjacent to an activating group) is 1. The first-order valence-electron chi connectivity index (χ1n) is 6.16. The first kappa shape index (κ1) is 15.5. The van der Waals surface area contributed by atoms with Gasteiger partial charge in [-0.3, -0.25) is 9.69 Å². The smallest absolute Gasteiger partial charge is 0.266 e. The van der Waals surface area contributed by atoms with E-state index in [9.17, 15) is 4.79 Å². The molecule has 1 aromatic rings. The van der Waals surface area contributed by atoms with Gasteiger partial charge in [-0.2, -0.15) is 0 Å². The number of carbonyl (C=O) groups is 1. The molecule has 1 fully saturated rings. The van der Waals surface area contributed by atoms with Gasteiger partial charge >= 0.3 is 0 Å². The Morgan fingerprint density at radius 3 is 2.65 bits per heavy atom. The maximum Gasteiger partial charge on any atom is 0.266 e. The third kappa shape index (κ3) is 3.07. The number of rotatable bonds is 3. The van der Waals surface area contributed by atoms with E-state index in [4.69, 9.17) is 12.2 Å². The van der Waals surface area contributed by atoms with E-state index in [0.29, 0.717) is 15.8 Å². The maximum absolute atomic E-state index is 12.1. The SMILES string of the molecule is CCN1C(=O)/C(=C\c2ccc(N(C)C)c(Br)c2)SC1=S. The number of thiocarbonyl (C=S) groups is 1. The fourth-order valence-electron chi connectivity index (χ4n) is 1.90. The summed E-state index contributed by atoms with van der Waals surface area (Å²) in [4.78, 5) is 16.5. The van der Waals surface area contributed by atoms with E-state index in [-0.39, 0.29) is 5.91 Å². The number of hydrogen-bond donors (Lipinski definition) is 0. The summed E-state index contributed by atoms with van der Waals surface area (Å²) < 4.78 is 1.63. The summed E-state index contributed by atoms with van der Waals surface area (Å²) >= 11 is 10.1. The molecule has 0 aromatic heterocycles. The van der Waals surface area contributed by atoms with Gasteiger partial charge in [0.2, 0.25) is 0 Å². The molecular formula is C14H15BrN2OS2. The van der Waals surface area contributed by atoms with Crippen molar-refractivity contribution < 1.29 is 4.79 Å². The van der Waals surface area contributed by atoms with E-state index in [1.807, 2.05) is 50.2 Å². The van der Waals surface area contributed by atoms with Crippen molar-refractivity contribution in [1.29, 1.82) is 0 Å². The lowest BCUT2D eigenvalue weighted by molar-refractivity contribution is -0.121. The van der Waals surface area contributed by atoms with Crippen LogP contribution in [0.2, 0.25) is 0 Å². The summed E-state index contributed by atoms with van der Waals surface area (Å²) in [5.41, 5.74) is 2.09. The molecule has 1 aromatic carbocycles. The van der Waals surface area contributed by atoms with Crippen molar-refractivity contribution in [3.8, 4) is 0 Å². The average molecular weight is 371 g/mol. The van der Waals surface area contributed by atoms with Gasteiger partial charge in [0, 0.05) is 25.1 Å². The van der Waals surface area contributed by atoms with Gasteiger partial charge in [-0.1, -0.05) is 30.0 Å². The van der Waals surface area contributed by atoms with Crippen LogP contribution in [0.25, 0.3) is 6.08 Å². The Kier molecular flexibility index (Phi) is 4.88. The highest BCUT2D eigenvalue weighted by atomic mass is 79.9. The Morgan fingerprint density at radius 1 is 1.45 bits per heavy atom. The summed E-state index contributed by atoms with van der Waals surface area (Å²) in [5.74, 6) is -0.00434. The number of carbonyl (C=O) groups excluding carboxylic acids is 1. The topological polar surface area (TPSA) is 23.6 Å². The highest BCUT2D eigenvalue weighted by Crippen LogP contribution is 2.33. The van der Waals surface area contributed by atoms with Crippen LogP contribution < -0.4 is 4.90 Å². The molecule has 0 N–H and O–H groups in total.